The van der Waals surface area contributed by atoms with Gasteiger partial charge in [-0.2, -0.15) is 0 Å². The molecule has 3 nitrogen and oxygen atoms in total. The third-order valence-corrected chi connectivity index (χ3v) is 2.88. The Balaban J connectivity index is 2.66. The van der Waals surface area contributed by atoms with E-state index in [9.17, 15) is 9.59 Å². The minimum absolute atomic E-state index is 0.140. The van der Waals surface area contributed by atoms with Crippen LogP contribution in [0, 0.1) is 11.3 Å². The molecule has 15 heavy (non-hydrogen) atoms. The minimum Gasteiger partial charge on any atom is -0.319 e. The Morgan fingerprint density at radius 2 is 1.67 bits per heavy atom. The van der Waals surface area contributed by atoms with Gasteiger partial charge in [0.1, 0.15) is 11.6 Å². The Hall–Kier alpha value is -0.700. The quantitative estimate of drug-likeness (QED) is 0.754. The highest BCUT2D eigenvalue weighted by Gasteiger charge is 2.30. The molecular formula is C12H21NO2. The van der Waals surface area contributed by atoms with E-state index in [-0.39, 0.29) is 11.3 Å². The first-order valence-corrected chi connectivity index (χ1v) is 5.61. The van der Waals surface area contributed by atoms with E-state index in [0.29, 0.717) is 37.2 Å². The SMILES string of the molecule is CNCC1CC(=O)CC(C)(C)CC(=O)C1. The number of ketones is 2. The first-order valence-electron chi connectivity index (χ1n) is 5.61. The van der Waals surface area contributed by atoms with Crippen molar-refractivity contribution in [3.05, 3.63) is 0 Å². The summed E-state index contributed by atoms with van der Waals surface area (Å²) in [6.45, 7) is 4.76. The molecule has 0 radical (unpaired) electrons. The number of Topliss-reactive ketones (excluding diaryl/α,β-unsaturated/α-hetero) is 2. The molecule has 0 amide bonds. The zero-order valence-corrected chi connectivity index (χ0v) is 9.93. The van der Waals surface area contributed by atoms with Gasteiger partial charge in [-0.25, -0.2) is 0 Å². The van der Waals surface area contributed by atoms with Crippen LogP contribution in [0.25, 0.3) is 0 Å². The van der Waals surface area contributed by atoms with Crippen LogP contribution in [-0.2, 0) is 9.59 Å². The number of hydrogen-bond donors (Lipinski definition) is 1. The van der Waals surface area contributed by atoms with Crippen LogP contribution in [0.2, 0.25) is 0 Å². The van der Waals surface area contributed by atoms with Gasteiger partial charge in [-0.3, -0.25) is 9.59 Å². The second-order valence-corrected chi connectivity index (χ2v) is 5.43. The number of hydrogen-bond acceptors (Lipinski definition) is 3. The fourth-order valence-corrected chi connectivity index (χ4v) is 2.42. The predicted octanol–water partition coefficient (Wildman–Crippen LogP) is 1.56. The van der Waals surface area contributed by atoms with Crippen molar-refractivity contribution in [1.82, 2.24) is 5.32 Å². The molecule has 0 atom stereocenters. The van der Waals surface area contributed by atoms with E-state index in [4.69, 9.17) is 0 Å². The third kappa shape index (κ3) is 4.12. The summed E-state index contributed by atoms with van der Waals surface area (Å²) >= 11 is 0. The topological polar surface area (TPSA) is 46.2 Å². The highest BCUT2D eigenvalue weighted by Crippen LogP contribution is 2.31. The van der Waals surface area contributed by atoms with Gasteiger partial charge in [0.05, 0.1) is 0 Å². The smallest absolute Gasteiger partial charge is 0.133 e. The average molecular weight is 211 g/mol. The largest absolute Gasteiger partial charge is 0.319 e. The number of carbonyl (C=O) groups excluding carboxylic acids is 2. The van der Waals surface area contributed by atoms with Crippen molar-refractivity contribution in [1.29, 1.82) is 0 Å². The first-order chi connectivity index (χ1) is 6.93. The predicted molar refractivity (Wildman–Crippen MR) is 59.7 cm³/mol. The molecule has 0 spiro atoms. The van der Waals surface area contributed by atoms with Gasteiger partial charge < -0.3 is 5.32 Å². The van der Waals surface area contributed by atoms with Crippen LogP contribution in [0.3, 0.4) is 0 Å². The number of rotatable bonds is 2. The molecular weight excluding hydrogens is 190 g/mol. The maximum atomic E-state index is 11.7. The Morgan fingerprint density at radius 1 is 1.20 bits per heavy atom. The molecule has 0 aliphatic heterocycles. The zero-order valence-electron chi connectivity index (χ0n) is 9.93. The maximum absolute atomic E-state index is 11.7. The van der Waals surface area contributed by atoms with Gasteiger partial charge in [-0.05, 0) is 24.9 Å². The lowest BCUT2D eigenvalue weighted by Gasteiger charge is -2.28. The highest BCUT2D eigenvalue weighted by molar-refractivity contribution is 5.85. The van der Waals surface area contributed by atoms with Crippen LogP contribution in [0.15, 0.2) is 0 Å². The molecule has 1 N–H and O–H groups in total. The second-order valence-electron chi connectivity index (χ2n) is 5.43. The molecule has 0 saturated heterocycles. The van der Waals surface area contributed by atoms with Crippen LogP contribution >= 0.6 is 0 Å². The maximum Gasteiger partial charge on any atom is 0.133 e. The molecule has 0 heterocycles. The molecule has 1 rings (SSSR count). The lowest BCUT2D eigenvalue weighted by molar-refractivity contribution is -0.127. The summed E-state index contributed by atoms with van der Waals surface area (Å²) in [4.78, 5) is 23.4. The molecule has 1 aliphatic carbocycles. The summed E-state index contributed by atoms with van der Waals surface area (Å²) in [6.07, 6.45) is 2.18. The summed E-state index contributed by atoms with van der Waals surface area (Å²) in [7, 11) is 1.86. The molecule has 0 unspecified atom stereocenters. The number of carbonyl (C=O) groups is 2. The second kappa shape index (κ2) is 4.88. The molecule has 0 aromatic rings. The standard InChI is InChI=1S/C12H21NO2/c1-12(2)6-10(14)4-9(8-13-3)5-11(15)7-12/h9,13H,4-8H2,1-3H3. The summed E-state index contributed by atoms with van der Waals surface area (Å²) in [5.41, 5.74) is -0.140. The van der Waals surface area contributed by atoms with Crippen LogP contribution in [0.4, 0.5) is 0 Å². The van der Waals surface area contributed by atoms with Crippen LogP contribution in [-0.4, -0.2) is 25.2 Å². The van der Waals surface area contributed by atoms with Gasteiger partial charge in [0.15, 0.2) is 0 Å². The molecule has 1 fully saturated rings. The molecule has 86 valence electrons. The van der Waals surface area contributed by atoms with Crippen LogP contribution in [0.1, 0.15) is 39.5 Å². The molecule has 0 aromatic heterocycles. The van der Waals surface area contributed by atoms with Gasteiger partial charge in [-0.15, -0.1) is 0 Å². The zero-order chi connectivity index (χ0) is 11.5. The molecule has 0 bridgehead atoms. The number of nitrogens with one attached hydrogen (secondary N) is 1. The Labute approximate surface area is 91.6 Å². The summed E-state index contributed by atoms with van der Waals surface area (Å²) in [5, 5.41) is 3.04. The van der Waals surface area contributed by atoms with Crippen molar-refractivity contribution >= 4 is 11.6 Å². The van der Waals surface area contributed by atoms with Crippen molar-refractivity contribution in [2.24, 2.45) is 11.3 Å². The van der Waals surface area contributed by atoms with Crippen molar-refractivity contribution in [2.45, 2.75) is 39.5 Å². The Bertz CT molecular complexity index is 236. The first kappa shape index (κ1) is 12.4. The van der Waals surface area contributed by atoms with Gasteiger partial charge in [0, 0.05) is 25.7 Å². The summed E-state index contributed by atoms with van der Waals surface area (Å²) < 4.78 is 0. The van der Waals surface area contributed by atoms with E-state index < -0.39 is 0 Å². The van der Waals surface area contributed by atoms with Crippen molar-refractivity contribution in [2.75, 3.05) is 13.6 Å². The monoisotopic (exact) mass is 211 g/mol. The normalized spacial score (nSPS) is 23.7. The Kier molecular flexibility index (Phi) is 4.03. The van der Waals surface area contributed by atoms with Gasteiger partial charge in [0.2, 0.25) is 0 Å². The minimum atomic E-state index is -0.140. The van der Waals surface area contributed by atoms with Crippen LogP contribution in [0.5, 0.6) is 0 Å². The van der Waals surface area contributed by atoms with Gasteiger partial charge in [-0.1, -0.05) is 13.8 Å². The molecule has 3 heteroatoms. The Morgan fingerprint density at radius 3 is 2.07 bits per heavy atom. The third-order valence-electron chi connectivity index (χ3n) is 2.88. The molecule has 0 aromatic carbocycles. The van der Waals surface area contributed by atoms with Crippen molar-refractivity contribution in [3.8, 4) is 0 Å². The van der Waals surface area contributed by atoms with E-state index >= 15 is 0 Å². The lowest BCUT2D eigenvalue weighted by Crippen LogP contribution is -2.31. The average Bonchev–Trinajstić information content (AvgIpc) is 1.98. The fourth-order valence-electron chi connectivity index (χ4n) is 2.42. The summed E-state index contributed by atoms with van der Waals surface area (Å²) in [6, 6.07) is 0. The van der Waals surface area contributed by atoms with E-state index in [1.165, 1.54) is 0 Å². The van der Waals surface area contributed by atoms with Crippen molar-refractivity contribution < 1.29 is 9.59 Å². The highest BCUT2D eigenvalue weighted by atomic mass is 16.1. The van der Waals surface area contributed by atoms with Gasteiger partial charge in [0.25, 0.3) is 0 Å². The fraction of sp³-hybridized carbons (Fsp3) is 0.833. The van der Waals surface area contributed by atoms with E-state index in [0.717, 1.165) is 6.54 Å². The van der Waals surface area contributed by atoms with E-state index in [1.54, 1.807) is 0 Å². The van der Waals surface area contributed by atoms with Crippen LogP contribution < -0.4 is 5.32 Å². The molecule has 1 aliphatic rings. The lowest BCUT2D eigenvalue weighted by atomic mass is 9.76. The summed E-state index contributed by atoms with van der Waals surface area (Å²) in [5.74, 6) is 0.798. The van der Waals surface area contributed by atoms with Gasteiger partial charge >= 0.3 is 0 Å². The van der Waals surface area contributed by atoms with Crippen molar-refractivity contribution in [3.63, 3.8) is 0 Å². The van der Waals surface area contributed by atoms with E-state index in [1.807, 2.05) is 20.9 Å². The van der Waals surface area contributed by atoms with E-state index in [2.05, 4.69) is 5.32 Å². The molecule has 1 saturated carbocycles.